The summed E-state index contributed by atoms with van der Waals surface area (Å²) in [7, 11) is 0. The van der Waals surface area contributed by atoms with Crippen molar-refractivity contribution >= 4 is 16.5 Å². The zero-order valence-corrected chi connectivity index (χ0v) is 11.2. The lowest BCUT2D eigenvalue weighted by molar-refractivity contribution is 0.481. The van der Waals surface area contributed by atoms with Crippen LogP contribution in [0, 0.1) is 17.8 Å². The summed E-state index contributed by atoms with van der Waals surface area (Å²) >= 11 is 0. The third-order valence-electron chi connectivity index (χ3n) is 5.67. The molecule has 0 saturated heterocycles. The van der Waals surface area contributed by atoms with Crippen molar-refractivity contribution in [2.24, 2.45) is 28.0 Å². The molecule has 4 bridgehead atoms. The number of hydrogen-bond donors (Lipinski definition) is 1. The predicted molar refractivity (Wildman–Crippen MR) is 77.2 cm³/mol. The summed E-state index contributed by atoms with van der Waals surface area (Å²) in [5.41, 5.74) is 1.08. The van der Waals surface area contributed by atoms with Crippen LogP contribution in [-0.4, -0.2) is 10.6 Å². The molecular weight excluding hydrogens is 248 g/mol. The van der Waals surface area contributed by atoms with Crippen molar-refractivity contribution in [2.75, 3.05) is 0 Å². The maximum Gasteiger partial charge on any atom is 0.123 e. The highest BCUT2D eigenvalue weighted by atomic mass is 16.3. The van der Waals surface area contributed by atoms with Crippen LogP contribution in [0.1, 0.15) is 19.3 Å². The number of aromatic hydroxyl groups is 1. The molecule has 20 heavy (non-hydrogen) atoms. The Morgan fingerprint density at radius 3 is 2.45 bits per heavy atom. The summed E-state index contributed by atoms with van der Waals surface area (Å²) in [5.74, 6) is 2.87. The highest BCUT2D eigenvalue weighted by molar-refractivity contribution is 5.96. The van der Waals surface area contributed by atoms with E-state index in [1.54, 1.807) is 6.07 Å². The van der Waals surface area contributed by atoms with Gasteiger partial charge >= 0.3 is 0 Å². The lowest BCUT2D eigenvalue weighted by Crippen LogP contribution is -2.01. The van der Waals surface area contributed by atoms with Gasteiger partial charge in [-0.3, -0.25) is 0 Å². The van der Waals surface area contributed by atoms with E-state index in [0.29, 0.717) is 5.75 Å². The van der Waals surface area contributed by atoms with E-state index in [2.05, 4.69) is 5.11 Å². The van der Waals surface area contributed by atoms with Gasteiger partial charge in [-0.1, -0.05) is 24.3 Å². The molecule has 0 spiro atoms. The average Bonchev–Trinajstić information content (AvgIpc) is 2.93. The smallest absolute Gasteiger partial charge is 0.123 e. The van der Waals surface area contributed by atoms with Gasteiger partial charge in [0.15, 0.2) is 0 Å². The van der Waals surface area contributed by atoms with Gasteiger partial charge in [0, 0.05) is 10.8 Å². The number of phenols is 1. The van der Waals surface area contributed by atoms with Crippen LogP contribution in [0.25, 0.3) is 10.8 Å². The fourth-order valence-corrected chi connectivity index (χ4v) is 4.76. The van der Waals surface area contributed by atoms with Crippen molar-refractivity contribution in [1.29, 1.82) is 0 Å². The van der Waals surface area contributed by atoms with Gasteiger partial charge < -0.3 is 5.11 Å². The Morgan fingerprint density at radius 1 is 1.00 bits per heavy atom. The first-order chi connectivity index (χ1) is 9.78. The number of azo groups is 1. The molecule has 100 valence electrons. The van der Waals surface area contributed by atoms with E-state index in [0.717, 1.165) is 34.2 Å². The third kappa shape index (κ3) is 1.21. The quantitative estimate of drug-likeness (QED) is 0.801. The second kappa shape index (κ2) is 3.40. The summed E-state index contributed by atoms with van der Waals surface area (Å²) in [6, 6.07) is 11.4. The van der Waals surface area contributed by atoms with Crippen molar-refractivity contribution < 1.29 is 5.11 Å². The minimum atomic E-state index is 0.198. The van der Waals surface area contributed by atoms with Crippen LogP contribution >= 0.6 is 0 Å². The molecule has 0 heterocycles. The maximum absolute atomic E-state index is 9.91. The van der Waals surface area contributed by atoms with Crippen molar-refractivity contribution in [3.63, 3.8) is 0 Å². The highest BCUT2D eigenvalue weighted by Crippen LogP contribution is 2.75. The van der Waals surface area contributed by atoms with Crippen LogP contribution in [0.3, 0.4) is 0 Å². The van der Waals surface area contributed by atoms with Gasteiger partial charge in [0.1, 0.15) is 5.75 Å². The Bertz CT molecular complexity index is 740. The van der Waals surface area contributed by atoms with Crippen LogP contribution < -0.4 is 0 Å². The molecule has 0 amide bonds. The van der Waals surface area contributed by atoms with E-state index in [1.807, 2.05) is 30.3 Å². The van der Waals surface area contributed by atoms with E-state index in [4.69, 9.17) is 5.11 Å². The van der Waals surface area contributed by atoms with Gasteiger partial charge in [-0.15, -0.1) is 0 Å². The number of benzene rings is 2. The third-order valence-corrected chi connectivity index (χ3v) is 5.67. The van der Waals surface area contributed by atoms with E-state index < -0.39 is 0 Å². The van der Waals surface area contributed by atoms with Gasteiger partial charge in [-0.25, -0.2) is 0 Å². The first-order valence-corrected chi connectivity index (χ1v) is 7.41. The molecule has 4 atom stereocenters. The SMILES string of the molecule is Oc1ccc(N=NC23CC4CC2[C@@H]3C4)c2ccccc12. The molecule has 4 aliphatic carbocycles. The molecule has 0 radical (unpaired) electrons. The van der Waals surface area contributed by atoms with Gasteiger partial charge in [-0.2, -0.15) is 10.2 Å². The summed E-state index contributed by atoms with van der Waals surface area (Å²) in [6.45, 7) is 0. The van der Waals surface area contributed by atoms with Gasteiger partial charge in [0.2, 0.25) is 0 Å². The zero-order chi connectivity index (χ0) is 13.3. The molecule has 6 rings (SSSR count). The molecule has 2 aromatic rings. The number of nitrogens with zero attached hydrogens (tertiary/aromatic N) is 2. The fraction of sp³-hybridized carbons (Fsp3) is 0.412. The summed E-state index contributed by atoms with van der Waals surface area (Å²) < 4.78 is 0. The lowest BCUT2D eigenvalue weighted by atomic mass is 10.1. The van der Waals surface area contributed by atoms with E-state index in [1.165, 1.54) is 19.3 Å². The van der Waals surface area contributed by atoms with Crippen LogP contribution in [0.15, 0.2) is 46.6 Å². The van der Waals surface area contributed by atoms with Crippen LogP contribution in [-0.2, 0) is 0 Å². The van der Waals surface area contributed by atoms with Crippen LogP contribution in [0.5, 0.6) is 5.75 Å². The Hall–Kier alpha value is -1.90. The molecule has 3 unspecified atom stereocenters. The van der Waals surface area contributed by atoms with Gasteiger partial charge in [-0.05, 0) is 49.1 Å². The zero-order valence-electron chi connectivity index (χ0n) is 11.2. The first-order valence-electron chi connectivity index (χ1n) is 7.41. The molecule has 0 aromatic heterocycles. The van der Waals surface area contributed by atoms with Crippen LogP contribution in [0.2, 0.25) is 0 Å². The van der Waals surface area contributed by atoms with Crippen molar-refractivity contribution in [1.82, 2.24) is 0 Å². The van der Waals surface area contributed by atoms with Crippen molar-refractivity contribution in [3.05, 3.63) is 36.4 Å². The fourth-order valence-electron chi connectivity index (χ4n) is 4.76. The van der Waals surface area contributed by atoms with Gasteiger partial charge in [0.25, 0.3) is 0 Å². The summed E-state index contributed by atoms with van der Waals surface area (Å²) in [4.78, 5) is 0. The second-order valence-electron chi connectivity index (χ2n) is 6.60. The van der Waals surface area contributed by atoms with Gasteiger partial charge in [0.05, 0.1) is 11.2 Å². The minimum Gasteiger partial charge on any atom is -0.507 e. The first kappa shape index (κ1) is 10.8. The van der Waals surface area contributed by atoms with Crippen LogP contribution in [0.4, 0.5) is 5.69 Å². The Balaban J connectivity index is 1.58. The number of phenolic OH excluding ortho intramolecular Hbond substituents is 1. The van der Waals surface area contributed by atoms with Crippen molar-refractivity contribution in [3.8, 4) is 5.75 Å². The Kier molecular flexibility index (Phi) is 1.84. The standard InChI is InChI=1S/C17H16N2O/c20-16-6-5-15(11-3-1-2-4-12(11)16)18-19-17-9-10-7-13(17)14(17)8-10/h1-6,10,13-14,20H,7-9H2/t10?,13-,14?,17?/m0/s1. The molecule has 3 nitrogen and oxygen atoms in total. The molecule has 4 saturated carbocycles. The molecular formula is C17H16N2O. The predicted octanol–water partition coefficient (Wildman–Crippen LogP) is 4.43. The molecule has 3 heteroatoms. The minimum absolute atomic E-state index is 0.198. The lowest BCUT2D eigenvalue weighted by Gasteiger charge is -2.05. The normalized spacial score (nSPS) is 37.1. The molecule has 2 aromatic carbocycles. The molecule has 4 aliphatic rings. The topological polar surface area (TPSA) is 45.0 Å². The average molecular weight is 264 g/mol. The molecule has 0 aliphatic heterocycles. The maximum atomic E-state index is 9.91. The Morgan fingerprint density at radius 2 is 1.75 bits per heavy atom. The van der Waals surface area contributed by atoms with E-state index >= 15 is 0 Å². The number of fused-ring (bicyclic) bond motifs is 1. The summed E-state index contributed by atoms with van der Waals surface area (Å²) in [6.07, 6.45) is 4.00. The molecule has 4 fully saturated rings. The second-order valence-corrected chi connectivity index (χ2v) is 6.60. The number of rotatable bonds is 2. The van der Waals surface area contributed by atoms with E-state index in [9.17, 15) is 5.11 Å². The molecule has 1 N–H and O–H groups in total. The monoisotopic (exact) mass is 264 g/mol. The Labute approximate surface area is 117 Å². The van der Waals surface area contributed by atoms with Crippen molar-refractivity contribution in [2.45, 2.75) is 24.8 Å². The largest absolute Gasteiger partial charge is 0.507 e. The highest BCUT2D eigenvalue weighted by Gasteiger charge is 2.75. The summed E-state index contributed by atoms with van der Waals surface area (Å²) in [5, 5.41) is 21.1. The van der Waals surface area contributed by atoms with E-state index in [-0.39, 0.29) is 5.54 Å². The number of hydrogen-bond acceptors (Lipinski definition) is 3.